The van der Waals surface area contributed by atoms with E-state index in [2.05, 4.69) is 25.8 Å². The summed E-state index contributed by atoms with van der Waals surface area (Å²) in [7, 11) is 0. The number of fused-ring (bicyclic) bond motifs is 3. The van der Waals surface area contributed by atoms with Crippen LogP contribution in [0.25, 0.3) is 11.0 Å². The summed E-state index contributed by atoms with van der Waals surface area (Å²) in [6.45, 7) is 1.11. The van der Waals surface area contributed by atoms with Crippen LogP contribution in [0.2, 0.25) is 0 Å². The molecule has 2 aliphatic rings. The molecule has 1 aromatic carbocycles. The number of nitrogens with zero attached hydrogens (tertiary/aromatic N) is 3. The summed E-state index contributed by atoms with van der Waals surface area (Å²) in [5, 5.41) is 14.1. The second-order valence-electron chi connectivity index (χ2n) is 8.74. The highest BCUT2D eigenvalue weighted by atomic mass is 16.2. The molecule has 3 N–H and O–H groups in total. The van der Waals surface area contributed by atoms with E-state index in [9.17, 15) is 9.59 Å². The van der Waals surface area contributed by atoms with Gasteiger partial charge in [0.25, 0.3) is 5.91 Å². The lowest BCUT2D eigenvalue weighted by Gasteiger charge is -2.29. The molecule has 5 rings (SSSR count). The van der Waals surface area contributed by atoms with Crippen LogP contribution in [0.15, 0.2) is 36.7 Å². The molecule has 0 atom stereocenters. The van der Waals surface area contributed by atoms with Crippen LogP contribution >= 0.6 is 0 Å². The average Bonchev–Trinajstić information content (AvgIpc) is 3.16. The molecule has 166 valence electrons. The van der Waals surface area contributed by atoms with E-state index in [0.29, 0.717) is 24.3 Å². The molecule has 8 nitrogen and oxygen atoms in total. The second kappa shape index (κ2) is 8.98. The number of aromatic amines is 1. The summed E-state index contributed by atoms with van der Waals surface area (Å²) in [6, 6.07) is 7.23. The number of hydrogen-bond acceptors (Lipinski definition) is 4. The van der Waals surface area contributed by atoms with Gasteiger partial charge in [0, 0.05) is 42.0 Å². The third-order valence-corrected chi connectivity index (χ3v) is 6.53. The molecule has 3 amide bonds. The Morgan fingerprint density at radius 1 is 1.09 bits per heavy atom. The van der Waals surface area contributed by atoms with Crippen LogP contribution in [-0.4, -0.2) is 44.6 Å². The molecule has 3 aromatic rings. The Hall–Kier alpha value is -3.42. The van der Waals surface area contributed by atoms with Crippen molar-refractivity contribution in [2.24, 2.45) is 0 Å². The van der Waals surface area contributed by atoms with E-state index in [1.54, 1.807) is 23.2 Å². The Balaban J connectivity index is 1.23. The monoisotopic (exact) mass is 432 g/mol. The Morgan fingerprint density at radius 3 is 2.78 bits per heavy atom. The standard InChI is InChI=1S/C24H28N6O2/c31-23(27-18-7-3-1-2-4-8-18)16-6-5-9-19(12-16)28-24(32)30-11-10-20-17(15-30)13-25-22-21(20)14-26-29-22/h5-6,9,12-14,18H,1-4,7-8,10-11,15H2,(H,27,31)(H,28,32)(H,25,26,29). The lowest BCUT2D eigenvalue weighted by Crippen LogP contribution is -2.39. The SMILES string of the molecule is O=C(NC1CCCCCC1)c1cccc(NC(=O)N2CCc3c(cnc4[nH]ncc34)C2)c1. The predicted molar refractivity (Wildman–Crippen MR) is 122 cm³/mol. The summed E-state index contributed by atoms with van der Waals surface area (Å²) in [5.41, 5.74) is 4.21. The van der Waals surface area contributed by atoms with Crippen molar-refractivity contribution in [3.63, 3.8) is 0 Å². The molecule has 0 unspecified atom stereocenters. The van der Waals surface area contributed by atoms with Gasteiger partial charge in [0.15, 0.2) is 5.65 Å². The van der Waals surface area contributed by atoms with Crippen molar-refractivity contribution >= 4 is 28.7 Å². The number of anilines is 1. The first-order valence-electron chi connectivity index (χ1n) is 11.4. The van der Waals surface area contributed by atoms with Gasteiger partial charge in [-0.1, -0.05) is 31.7 Å². The number of pyridine rings is 1. The molecular formula is C24H28N6O2. The number of benzene rings is 1. The Labute approximate surface area is 186 Å². The van der Waals surface area contributed by atoms with Gasteiger partial charge in [-0.2, -0.15) is 5.10 Å². The van der Waals surface area contributed by atoms with E-state index in [1.807, 2.05) is 18.3 Å². The molecule has 0 radical (unpaired) electrons. The van der Waals surface area contributed by atoms with Crippen LogP contribution < -0.4 is 10.6 Å². The highest BCUT2D eigenvalue weighted by Crippen LogP contribution is 2.25. The number of aromatic nitrogens is 3. The van der Waals surface area contributed by atoms with E-state index in [4.69, 9.17) is 0 Å². The number of carbonyl (C=O) groups is 2. The molecule has 0 bridgehead atoms. The van der Waals surface area contributed by atoms with Gasteiger partial charge in [0.2, 0.25) is 0 Å². The van der Waals surface area contributed by atoms with E-state index in [0.717, 1.165) is 35.9 Å². The first-order valence-corrected chi connectivity index (χ1v) is 11.4. The Morgan fingerprint density at radius 2 is 1.94 bits per heavy atom. The fourth-order valence-electron chi connectivity index (χ4n) is 4.76. The number of urea groups is 1. The minimum atomic E-state index is -0.177. The topological polar surface area (TPSA) is 103 Å². The largest absolute Gasteiger partial charge is 0.349 e. The number of H-pyrrole nitrogens is 1. The lowest BCUT2D eigenvalue weighted by atomic mass is 9.99. The quantitative estimate of drug-likeness (QED) is 0.544. The molecule has 32 heavy (non-hydrogen) atoms. The number of carbonyl (C=O) groups excluding carboxylic acids is 2. The highest BCUT2D eigenvalue weighted by molar-refractivity contribution is 5.97. The van der Waals surface area contributed by atoms with E-state index in [-0.39, 0.29) is 18.0 Å². The van der Waals surface area contributed by atoms with Crippen LogP contribution in [0.3, 0.4) is 0 Å². The lowest BCUT2D eigenvalue weighted by molar-refractivity contribution is 0.0933. The van der Waals surface area contributed by atoms with Gasteiger partial charge in [-0.15, -0.1) is 0 Å². The van der Waals surface area contributed by atoms with Gasteiger partial charge in [-0.3, -0.25) is 9.89 Å². The minimum absolute atomic E-state index is 0.0740. The molecule has 1 saturated carbocycles. The number of amides is 3. The smallest absolute Gasteiger partial charge is 0.322 e. The van der Waals surface area contributed by atoms with Crippen molar-refractivity contribution in [1.29, 1.82) is 0 Å². The summed E-state index contributed by atoms with van der Waals surface area (Å²) in [4.78, 5) is 31.8. The first-order chi connectivity index (χ1) is 15.7. The van der Waals surface area contributed by atoms with Gasteiger partial charge in [0.05, 0.1) is 6.20 Å². The van der Waals surface area contributed by atoms with Crippen LogP contribution in [0.5, 0.6) is 0 Å². The third-order valence-electron chi connectivity index (χ3n) is 6.53. The van der Waals surface area contributed by atoms with Crippen LogP contribution in [0, 0.1) is 0 Å². The van der Waals surface area contributed by atoms with Gasteiger partial charge in [-0.05, 0) is 48.6 Å². The fraction of sp³-hybridized carbons (Fsp3) is 0.417. The maximum atomic E-state index is 12.9. The second-order valence-corrected chi connectivity index (χ2v) is 8.74. The van der Waals surface area contributed by atoms with Gasteiger partial charge in [0.1, 0.15) is 0 Å². The molecule has 0 saturated heterocycles. The molecule has 1 fully saturated rings. The van der Waals surface area contributed by atoms with E-state index >= 15 is 0 Å². The van der Waals surface area contributed by atoms with Crippen LogP contribution in [0.1, 0.15) is 60.0 Å². The zero-order chi connectivity index (χ0) is 21.9. The number of nitrogens with one attached hydrogen (secondary N) is 3. The molecule has 3 heterocycles. The maximum Gasteiger partial charge on any atom is 0.322 e. The van der Waals surface area contributed by atoms with Crippen LogP contribution in [-0.2, 0) is 13.0 Å². The van der Waals surface area contributed by atoms with Crippen molar-refractivity contribution in [1.82, 2.24) is 25.4 Å². The predicted octanol–water partition coefficient (Wildman–Crippen LogP) is 4.00. The molecule has 8 heteroatoms. The molecule has 1 aliphatic carbocycles. The third kappa shape index (κ3) is 4.30. The normalized spacial score (nSPS) is 16.9. The Bertz CT molecular complexity index is 1130. The van der Waals surface area contributed by atoms with Crippen molar-refractivity contribution in [3.8, 4) is 0 Å². The fourth-order valence-corrected chi connectivity index (χ4v) is 4.76. The number of hydrogen-bond donors (Lipinski definition) is 3. The van der Waals surface area contributed by atoms with E-state index < -0.39 is 0 Å². The molecule has 1 aliphatic heterocycles. The average molecular weight is 433 g/mol. The van der Waals surface area contributed by atoms with Gasteiger partial charge < -0.3 is 15.5 Å². The summed E-state index contributed by atoms with van der Waals surface area (Å²) < 4.78 is 0. The maximum absolute atomic E-state index is 12.9. The molecule has 2 aromatic heterocycles. The highest BCUT2D eigenvalue weighted by Gasteiger charge is 2.23. The zero-order valence-electron chi connectivity index (χ0n) is 18.1. The Kier molecular flexibility index (Phi) is 5.75. The van der Waals surface area contributed by atoms with Crippen LogP contribution in [0.4, 0.5) is 10.5 Å². The summed E-state index contributed by atoms with van der Waals surface area (Å²) >= 11 is 0. The summed E-state index contributed by atoms with van der Waals surface area (Å²) in [6.07, 6.45) is 11.3. The van der Waals surface area contributed by atoms with Crippen molar-refractivity contribution < 1.29 is 9.59 Å². The molecular weight excluding hydrogens is 404 g/mol. The minimum Gasteiger partial charge on any atom is -0.349 e. The van der Waals surface area contributed by atoms with Gasteiger partial charge in [-0.25, -0.2) is 9.78 Å². The van der Waals surface area contributed by atoms with Crippen molar-refractivity contribution in [2.45, 2.75) is 57.5 Å². The first kappa shape index (κ1) is 20.5. The molecule has 0 spiro atoms. The zero-order valence-corrected chi connectivity index (χ0v) is 18.1. The van der Waals surface area contributed by atoms with Crippen molar-refractivity contribution in [3.05, 3.63) is 53.3 Å². The van der Waals surface area contributed by atoms with Crippen molar-refractivity contribution in [2.75, 3.05) is 11.9 Å². The van der Waals surface area contributed by atoms with Gasteiger partial charge >= 0.3 is 6.03 Å². The van der Waals surface area contributed by atoms with E-state index in [1.165, 1.54) is 31.2 Å². The summed E-state index contributed by atoms with van der Waals surface area (Å²) in [5.74, 6) is -0.0740. The number of rotatable bonds is 3.